The van der Waals surface area contributed by atoms with E-state index in [4.69, 9.17) is 14.2 Å². The molecule has 0 aromatic heterocycles. The van der Waals surface area contributed by atoms with E-state index in [0.717, 1.165) is 6.42 Å². The zero-order valence-corrected chi connectivity index (χ0v) is 20.8. The maximum absolute atomic E-state index is 11.8. The van der Waals surface area contributed by atoms with Crippen molar-refractivity contribution in [3.05, 3.63) is 0 Å². The zero-order valence-electron chi connectivity index (χ0n) is 20.8. The Morgan fingerprint density at radius 3 is 1.77 bits per heavy atom. The Balaban J connectivity index is 1.74. The first-order chi connectivity index (χ1) is 15.1. The standard InChI is InChI=1S/C26H51NO4/c1-4-5-6-7-8-9-10-11-12-13-14-15-16-17-18-19-20-27-26(28)31-23(2)21-30-25-22-29-24(25)3/h23-25H,4-22H2,1-3H3,(H,27,28). The van der Waals surface area contributed by atoms with Crippen LogP contribution in [0.2, 0.25) is 0 Å². The number of hydrogen-bond donors (Lipinski definition) is 1. The first-order valence-electron chi connectivity index (χ1n) is 13.3. The summed E-state index contributed by atoms with van der Waals surface area (Å²) in [7, 11) is 0. The van der Waals surface area contributed by atoms with Gasteiger partial charge in [-0.1, -0.05) is 103 Å². The predicted octanol–water partition coefficient (Wildman–Crippen LogP) is 7.17. The van der Waals surface area contributed by atoms with Gasteiger partial charge in [-0.3, -0.25) is 0 Å². The summed E-state index contributed by atoms with van der Waals surface area (Å²) in [5, 5.41) is 2.85. The maximum atomic E-state index is 11.8. The van der Waals surface area contributed by atoms with Gasteiger partial charge in [0.1, 0.15) is 12.2 Å². The van der Waals surface area contributed by atoms with Gasteiger partial charge in [0.05, 0.1) is 19.3 Å². The van der Waals surface area contributed by atoms with Crippen LogP contribution in [0.25, 0.3) is 0 Å². The molecule has 1 aliphatic rings. The molecule has 31 heavy (non-hydrogen) atoms. The summed E-state index contributed by atoms with van der Waals surface area (Å²) in [4.78, 5) is 11.8. The van der Waals surface area contributed by atoms with E-state index in [1.165, 1.54) is 96.3 Å². The Bertz CT molecular complexity index is 418. The van der Waals surface area contributed by atoms with Gasteiger partial charge in [0.25, 0.3) is 0 Å². The monoisotopic (exact) mass is 441 g/mol. The number of alkyl carbamates (subject to hydrolysis) is 1. The van der Waals surface area contributed by atoms with E-state index < -0.39 is 0 Å². The highest BCUT2D eigenvalue weighted by Gasteiger charge is 2.29. The number of amides is 1. The lowest BCUT2D eigenvalue weighted by atomic mass is 10.0. The number of carbonyl (C=O) groups excluding carboxylic acids is 1. The van der Waals surface area contributed by atoms with Crippen LogP contribution in [0, 0.1) is 0 Å². The summed E-state index contributed by atoms with van der Waals surface area (Å²) in [5.74, 6) is 0. The Labute approximate surface area is 192 Å². The van der Waals surface area contributed by atoms with E-state index in [1.807, 2.05) is 13.8 Å². The largest absolute Gasteiger partial charge is 0.444 e. The molecule has 0 spiro atoms. The predicted molar refractivity (Wildman–Crippen MR) is 129 cm³/mol. The van der Waals surface area contributed by atoms with Crippen molar-refractivity contribution in [1.82, 2.24) is 5.32 Å². The van der Waals surface area contributed by atoms with Gasteiger partial charge in [-0.25, -0.2) is 4.79 Å². The van der Waals surface area contributed by atoms with Crippen molar-refractivity contribution in [2.45, 2.75) is 142 Å². The van der Waals surface area contributed by atoms with Crippen LogP contribution in [0.3, 0.4) is 0 Å². The van der Waals surface area contributed by atoms with Gasteiger partial charge in [-0.15, -0.1) is 0 Å². The van der Waals surface area contributed by atoms with Gasteiger partial charge in [-0.05, 0) is 20.3 Å². The molecule has 0 bridgehead atoms. The Morgan fingerprint density at radius 2 is 1.35 bits per heavy atom. The second-order valence-electron chi connectivity index (χ2n) is 9.36. The van der Waals surface area contributed by atoms with E-state index in [9.17, 15) is 4.79 Å². The van der Waals surface area contributed by atoms with E-state index in [1.54, 1.807) is 0 Å². The topological polar surface area (TPSA) is 56.8 Å². The van der Waals surface area contributed by atoms with Crippen molar-refractivity contribution in [2.24, 2.45) is 0 Å². The minimum Gasteiger partial charge on any atom is -0.444 e. The highest BCUT2D eigenvalue weighted by Crippen LogP contribution is 2.16. The van der Waals surface area contributed by atoms with Crippen molar-refractivity contribution in [2.75, 3.05) is 19.8 Å². The van der Waals surface area contributed by atoms with Crippen LogP contribution in [0.4, 0.5) is 4.79 Å². The molecule has 1 saturated heterocycles. The summed E-state index contributed by atoms with van der Waals surface area (Å²) in [6, 6.07) is 0. The molecule has 1 heterocycles. The lowest BCUT2D eigenvalue weighted by molar-refractivity contribution is -0.187. The fourth-order valence-electron chi connectivity index (χ4n) is 3.93. The molecule has 3 atom stereocenters. The van der Waals surface area contributed by atoms with Crippen LogP contribution in [0.1, 0.15) is 124 Å². The Kier molecular flexibility index (Phi) is 18.1. The van der Waals surface area contributed by atoms with Crippen molar-refractivity contribution in [1.29, 1.82) is 0 Å². The average Bonchev–Trinajstić information content (AvgIpc) is 2.74. The number of ether oxygens (including phenoxy) is 3. The molecule has 5 nitrogen and oxygen atoms in total. The van der Waals surface area contributed by atoms with Crippen LogP contribution in [-0.4, -0.2) is 44.2 Å². The van der Waals surface area contributed by atoms with Crippen LogP contribution in [-0.2, 0) is 14.2 Å². The summed E-state index contributed by atoms with van der Waals surface area (Å²) in [5.41, 5.74) is 0. The van der Waals surface area contributed by atoms with Gasteiger partial charge in [0.2, 0.25) is 0 Å². The molecule has 184 valence electrons. The molecule has 0 radical (unpaired) electrons. The minimum atomic E-state index is -0.338. The molecule has 1 aliphatic heterocycles. The Hall–Kier alpha value is -0.810. The maximum Gasteiger partial charge on any atom is 0.407 e. The number of carbonyl (C=O) groups is 1. The van der Waals surface area contributed by atoms with Crippen molar-refractivity contribution < 1.29 is 19.0 Å². The lowest BCUT2D eigenvalue weighted by Gasteiger charge is -2.34. The third-order valence-corrected chi connectivity index (χ3v) is 6.20. The molecule has 1 fully saturated rings. The molecule has 3 unspecified atom stereocenters. The van der Waals surface area contributed by atoms with E-state index in [0.29, 0.717) is 19.8 Å². The van der Waals surface area contributed by atoms with Gasteiger partial charge < -0.3 is 19.5 Å². The number of hydrogen-bond acceptors (Lipinski definition) is 4. The third kappa shape index (κ3) is 16.5. The fraction of sp³-hybridized carbons (Fsp3) is 0.962. The molecular formula is C26H51NO4. The number of unbranched alkanes of at least 4 members (excludes halogenated alkanes) is 15. The normalized spacial score (nSPS) is 19.1. The molecule has 0 saturated carbocycles. The molecule has 0 aromatic rings. The first-order valence-corrected chi connectivity index (χ1v) is 13.3. The van der Waals surface area contributed by atoms with Gasteiger partial charge >= 0.3 is 6.09 Å². The van der Waals surface area contributed by atoms with Crippen LogP contribution < -0.4 is 5.32 Å². The summed E-state index contributed by atoms with van der Waals surface area (Å²) in [6.45, 7) is 7.88. The summed E-state index contributed by atoms with van der Waals surface area (Å²) < 4.78 is 16.2. The molecular weight excluding hydrogens is 390 g/mol. The average molecular weight is 442 g/mol. The second-order valence-corrected chi connectivity index (χ2v) is 9.36. The SMILES string of the molecule is CCCCCCCCCCCCCCCCCCNC(=O)OC(C)COC1COC1C. The van der Waals surface area contributed by atoms with E-state index in [2.05, 4.69) is 12.2 Å². The summed E-state index contributed by atoms with van der Waals surface area (Å²) in [6.07, 6.45) is 21.4. The van der Waals surface area contributed by atoms with Gasteiger partial charge in [0, 0.05) is 6.54 Å². The van der Waals surface area contributed by atoms with Gasteiger partial charge in [-0.2, -0.15) is 0 Å². The fourth-order valence-corrected chi connectivity index (χ4v) is 3.93. The minimum absolute atomic E-state index is 0.138. The zero-order chi connectivity index (χ0) is 22.6. The van der Waals surface area contributed by atoms with Crippen LogP contribution in [0.5, 0.6) is 0 Å². The smallest absolute Gasteiger partial charge is 0.407 e. The molecule has 0 aliphatic carbocycles. The molecule has 5 heteroatoms. The van der Waals surface area contributed by atoms with Crippen LogP contribution >= 0.6 is 0 Å². The van der Waals surface area contributed by atoms with Crippen molar-refractivity contribution >= 4 is 6.09 Å². The van der Waals surface area contributed by atoms with E-state index in [-0.39, 0.29) is 24.4 Å². The Morgan fingerprint density at radius 1 is 0.871 bits per heavy atom. The molecule has 1 N–H and O–H groups in total. The summed E-state index contributed by atoms with van der Waals surface area (Å²) >= 11 is 0. The number of nitrogens with one attached hydrogen (secondary N) is 1. The molecule has 0 aromatic carbocycles. The quantitative estimate of drug-likeness (QED) is 0.192. The first kappa shape index (κ1) is 28.2. The highest BCUT2D eigenvalue weighted by atomic mass is 16.6. The van der Waals surface area contributed by atoms with Crippen molar-refractivity contribution in [3.8, 4) is 0 Å². The lowest BCUT2D eigenvalue weighted by Crippen LogP contribution is -2.46. The second kappa shape index (κ2) is 19.8. The molecule has 1 amide bonds. The molecule has 1 rings (SSSR count). The van der Waals surface area contributed by atoms with Crippen LogP contribution in [0.15, 0.2) is 0 Å². The highest BCUT2D eigenvalue weighted by molar-refractivity contribution is 5.67. The number of rotatable bonds is 21. The third-order valence-electron chi connectivity index (χ3n) is 6.20. The van der Waals surface area contributed by atoms with Crippen molar-refractivity contribution in [3.63, 3.8) is 0 Å². The van der Waals surface area contributed by atoms with E-state index >= 15 is 0 Å². The van der Waals surface area contributed by atoms with Gasteiger partial charge in [0.15, 0.2) is 0 Å².